The molecular formula is C8H13N3O. The maximum Gasteiger partial charge on any atom is 0.217 e. The van der Waals surface area contributed by atoms with Gasteiger partial charge in [-0.25, -0.2) is 0 Å². The summed E-state index contributed by atoms with van der Waals surface area (Å²) in [5.41, 5.74) is 0.434. The van der Waals surface area contributed by atoms with Crippen LogP contribution in [0.5, 0.6) is 0 Å². The lowest BCUT2D eigenvalue weighted by molar-refractivity contribution is -0.120. The summed E-state index contributed by atoms with van der Waals surface area (Å²) >= 11 is 0. The molecule has 2 N–H and O–H groups in total. The molecule has 12 heavy (non-hydrogen) atoms. The standard InChI is InChI=1S/C8H13N3O/c1-6(12)10-8(2,3)7-4-5-9-11-7/h4-5H,1-3H3,(H,9,11)(H,10,12). The Hall–Kier alpha value is -1.32. The van der Waals surface area contributed by atoms with Gasteiger partial charge in [-0.2, -0.15) is 5.10 Å². The number of hydrogen-bond acceptors (Lipinski definition) is 2. The third-order valence-corrected chi connectivity index (χ3v) is 1.63. The molecule has 0 saturated carbocycles. The predicted octanol–water partition coefficient (Wildman–Crippen LogP) is 0.781. The van der Waals surface area contributed by atoms with E-state index in [2.05, 4.69) is 15.5 Å². The van der Waals surface area contributed by atoms with Gasteiger partial charge in [0.25, 0.3) is 0 Å². The van der Waals surface area contributed by atoms with Gasteiger partial charge in [0.15, 0.2) is 0 Å². The predicted molar refractivity (Wildman–Crippen MR) is 45.4 cm³/mol. The average molecular weight is 167 g/mol. The fourth-order valence-electron chi connectivity index (χ4n) is 1.11. The van der Waals surface area contributed by atoms with Crippen LogP contribution < -0.4 is 5.32 Å². The second-order valence-corrected chi connectivity index (χ2v) is 3.27. The summed E-state index contributed by atoms with van der Waals surface area (Å²) in [6, 6.07) is 1.84. The molecule has 1 rings (SSSR count). The number of carbonyl (C=O) groups is 1. The normalized spacial score (nSPS) is 11.2. The van der Waals surface area contributed by atoms with Gasteiger partial charge in [-0.15, -0.1) is 0 Å². The van der Waals surface area contributed by atoms with Gasteiger partial charge in [0.2, 0.25) is 5.91 Å². The van der Waals surface area contributed by atoms with Gasteiger partial charge in [-0.05, 0) is 19.9 Å². The molecule has 0 spiro atoms. The van der Waals surface area contributed by atoms with Gasteiger partial charge in [-0.1, -0.05) is 0 Å². The van der Waals surface area contributed by atoms with Crippen molar-refractivity contribution < 1.29 is 4.79 Å². The minimum absolute atomic E-state index is 0.0528. The topological polar surface area (TPSA) is 57.8 Å². The van der Waals surface area contributed by atoms with E-state index >= 15 is 0 Å². The van der Waals surface area contributed by atoms with Crippen LogP contribution in [0.25, 0.3) is 0 Å². The molecule has 0 atom stereocenters. The maximum atomic E-state index is 10.8. The van der Waals surface area contributed by atoms with Crippen molar-refractivity contribution in [3.05, 3.63) is 18.0 Å². The minimum Gasteiger partial charge on any atom is -0.346 e. The Bertz CT molecular complexity index is 264. The van der Waals surface area contributed by atoms with Crippen LogP contribution in [0.3, 0.4) is 0 Å². The number of hydrogen-bond donors (Lipinski definition) is 2. The van der Waals surface area contributed by atoms with Crippen molar-refractivity contribution in [1.82, 2.24) is 15.5 Å². The number of nitrogens with zero attached hydrogens (tertiary/aromatic N) is 1. The fourth-order valence-corrected chi connectivity index (χ4v) is 1.11. The number of nitrogens with one attached hydrogen (secondary N) is 2. The number of aromatic nitrogens is 2. The highest BCUT2D eigenvalue weighted by Crippen LogP contribution is 2.15. The summed E-state index contributed by atoms with van der Waals surface area (Å²) in [5, 5.41) is 9.51. The van der Waals surface area contributed by atoms with Crippen LogP contribution in [0.15, 0.2) is 12.3 Å². The van der Waals surface area contributed by atoms with Crippen LogP contribution in [0.2, 0.25) is 0 Å². The summed E-state index contributed by atoms with van der Waals surface area (Å²) in [7, 11) is 0. The molecule has 0 fully saturated rings. The first kappa shape index (κ1) is 8.77. The SMILES string of the molecule is CC(=O)NC(C)(C)c1cc[nH]n1. The Labute approximate surface area is 71.4 Å². The summed E-state index contributed by atoms with van der Waals surface area (Å²) in [6.07, 6.45) is 1.74. The summed E-state index contributed by atoms with van der Waals surface area (Å²) < 4.78 is 0. The van der Waals surface area contributed by atoms with Gasteiger partial charge >= 0.3 is 0 Å². The molecular weight excluding hydrogens is 154 g/mol. The van der Waals surface area contributed by atoms with Crippen LogP contribution in [0.1, 0.15) is 26.5 Å². The second kappa shape index (κ2) is 2.97. The van der Waals surface area contributed by atoms with Crippen molar-refractivity contribution in [1.29, 1.82) is 0 Å². The molecule has 66 valence electrons. The third kappa shape index (κ3) is 1.84. The molecule has 0 saturated heterocycles. The van der Waals surface area contributed by atoms with Crippen LogP contribution in [0.4, 0.5) is 0 Å². The number of H-pyrrole nitrogens is 1. The van der Waals surface area contributed by atoms with Crippen molar-refractivity contribution in [2.45, 2.75) is 26.3 Å². The van der Waals surface area contributed by atoms with Crippen LogP contribution in [-0.2, 0) is 10.3 Å². The zero-order chi connectivity index (χ0) is 9.19. The van der Waals surface area contributed by atoms with E-state index in [1.54, 1.807) is 6.20 Å². The summed E-state index contributed by atoms with van der Waals surface area (Å²) in [6.45, 7) is 5.31. The Balaban J connectivity index is 2.79. The first-order valence-corrected chi connectivity index (χ1v) is 3.81. The third-order valence-electron chi connectivity index (χ3n) is 1.63. The molecule has 1 amide bonds. The van der Waals surface area contributed by atoms with Crippen molar-refractivity contribution in [2.24, 2.45) is 0 Å². The smallest absolute Gasteiger partial charge is 0.217 e. The number of carbonyl (C=O) groups excluding carboxylic acids is 1. The largest absolute Gasteiger partial charge is 0.346 e. The highest BCUT2D eigenvalue weighted by molar-refractivity contribution is 5.73. The van der Waals surface area contributed by atoms with Crippen LogP contribution in [0, 0.1) is 0 Å². The molecule has 0 unspecified atom stereocenters. The zero-order valence-electron chi connectivity index (χ0n) is 7.51. The number of amides is 1. The molecule has 0 aliphatic rings. The highest BCUT2D eigenvalue weighted by atomic mass is 16.1. The van der Waals surface area contributed by atoms with E-state index in [9.17, 15) is 4.79 Å². The van der Waals surface area contributed by atoms with E-state index < -0.39 is 5.54 Å². The molecule has 4 heteroatoms. The summed E-state index contributed by atoms with van der Waals surface area (Å²) in [4.78, 5) is 10.8. The molecule has 1 aromatic heterocycles. The monoisotopic (exact) mass is 167 g/mol. The Morgan fingerprint density at radius 3 is 2.75 bits per heavy atom. The Morgan fingerprint density at radius 2 is 2.33 bits per heavy atom. The van der Waals surface area contributed by atoms with Crippen molar-refractivity contribution in [3.63, 3.8) is 0 Å². The quantitative estimate of drug-likeness (QED) is 0.683. The zero-order valence-corrected chi connectivity index (χ0v) is 7.51. The lowest BCUT2D eigenvalue weighted by atomic mass is 10.0. The molecule has 4 nitrogen and oxygen atoms in total. The molecule has 0 aliphatic carbocycles. The first-order chi connectivity index (χ1) is 5.52. The van der Waals surface area contributed by atoms with Gasteiger partial charge in [0, 0.05) is 13.1 Å². The lowest BCUT2D eigenvalue weighted by Gasteiger charge is -2.22. The van der Waals surface area contributed by atoms with Gasteiger partial charge in [0.1, 0.15) is 0 Å². The molecule has 0 aromatic carbocycles. The van der Waals surface area contributed by atoms with Gasteiger partial charge < -0.3 is 5.32 Å². The van der Waals surface area contributed by atoms with E-state index in [1.165, 1.54) is 6.92 Å². The van der Waals surface area contributed by atoms with Gasteiger partial charge in [0.05, 0.1) is 11.2 Å². The molecule has 1 heterocycles. The Morgan fingerprint density at radius 1 is 1.67 bits per heavy atom. The Kier molecular flexibility index (Phi) is 2.17. The molecule has 0 radical (unpaired) electrons. The first-order valence-electron chi connectivity index (χ1n) is 3.81. The van der Waals surface area contributed by atoms with Gasteiger partial charge in [-0.3, -0.25) is 9.89 Å². The number of aromatic amines is 1. The van der Waals surface area contributed by atoms with Crippen molar-refractivity contribution in [2.75, 3.05) is 0 Å². The van der Waals surface area contributed by atoms with E-state index in [0.29, 0.717) is 0 Å². The van der Waals surface area contributed by atoms with Crippen molar-refractivity contribution >= 4 is 5.91 Å². The van der Waals surface area contributed by atoms with E-state index in [1.807, 2.05) is 19.9 Å². The van der Waals surface area contributed by atoms with E-state index in [-0.39, 0.29) is 5.91 Å². The molecule has 1 aromatic rings. The molecule has 0 aliphatic heterocycles. The van der Waals surface area contributed by atoms with E-state index in [0.717, 1.165) is 5.69 Å². The van der Waals surface area contributed by atoms with Crippen LogP contribution in [-0.4, -0.2) is 16.1 Å². The summed E-state index contributed by atoms with van der Waals surface area (Å²) in [5.74, 6) is -0.0528. The average Bonchev–Trinajstić information content (AvgIpc) is 2.32. The maximum absolute atomic E-state index is 10.8. The second-order valence-electron chi connectivity index (χ2n) is 3.27. The number of rotatable bonds is 2. The van der Waals surface area contributed by atoms with E-state index in [4.69, 9.17) is 0 Å². The minimum atomic E-state index is -0.397. The molecule has 0 bridgehead atoms. The van der Waals surface area contributed by atoms with Crippen LogP contribution >= 0.6 is 0 Å². The highest BCUT2D eigenvalue weighted by Gasteiger charge is 2.22. The van der Waals surface area contributed by atoms with Crippen molar-refractivity contribution in [3.8, 4) is 0 Å². The lowest BCUT2D eigenvalue weighted by Crippen LogP contribution is -2.39. The fraction of sp³-hybridized carbons (Fsp3) is 0.500.